The van der Waals surface area contributed by atoms with Gasteiger partial charge in [0.2, 0.25) is 0 Å². The van der Waals surface area contributed by atoms with E-state index >= 15 is 0 Å². The molecule has 1 aromatic rings. The number of ether oxygens (including phenoxy) is 3. The Morgan fingerprint density at radius 2 is 1.89 bits per heavy atom. The van der Waals surface area contributed by atoms with E-state index in [9.17, 15) is 14.0 Å². The highest BCUT2D eigenvalue weighted by Crippen LogP contribution is 2.28. The van der Waals surface area contributed by atoms with E-state index in [2.05, 4.69) is 0 Å². The number of esters is 1. The summed E-state index contributed by atoms with van der Waals surface area (Å²) in [5, 5.41) is 0. The van der Waals surface area contributed by atoms with Crippen molar-refractivity contribution in [3.8, 4) is 5.75 Å². The fraction of sp³-hybridized carbons (Fsp3) is 0.600. The summed E-state index contributed by atoms with van der Waals surface area (Å²) in [6.45, 7) is 7.85. The van der Waals surface area contributed by atoms with Crippen molar-refractivity contribution < 1.29 is 28.2 Å². The quantitative estimate of drug-likeness (QED) is 0.699. The van der Waals surface area contributed by atoms with Crippen LogP contribution in [0.4, 0.5) is 9.18 Å². The molecule has 6 nitrogen and oxygen atoms in total. The lowest BCUT2D eigenvalue weighted by molar-refractivity contribution is -0.143. The maximum absolute atomic E-state index is 13.1. The second-order valence-corrected chi connectivity index (χ2v) is 7.56. The highest BCUT2D eigenvalue weighted by molar-refractivity contribution is 5.71. The van der Waals surface area contributed by atoms with Crippen LogP contribution in [0.1, 0.15) is 47.0 Å². The monoisotopic (exact) mass is 381 g/mol. The first kappa shape index (κ1) is 21.0. The maximum atomic E-state index is 13.1. The Balaban J connectivity index is 2.03. The fourth-order valence-corrected chi connectivity index (χ4v) is 3.00. The van der Waals surface area contributed by atoms with E-state index in [4.69, 9.17) is 14.2 Å². The molecule has 1 fully saturated rings. The molecule has 2 atom stereocenters. The lowest BCUT2D eigenvalue weighted by Gasteiger charge is -2.28. The van der Waals surface area contributed by atoms with Crippen molar-refractivity contribution in [1.82, 2.24) is 4.90 Å². The van der Waals surface area contributed by atoms with Crippen LogP contribution in [0.2, 0.25) is 0 Å². The number of carbonyl (C=O) groups is 2. The molecule has 0 N–H and O–H groups in total. The number of nitrogens with zero attached hydrogens (tertiary/aromatic N) is 1. The Morgan fingerprint density at radius 3 is 2.48 bits per heavy atom. The molecule has 0 spiro atoms. The molecular weight excluding hydrogens is 353 g/mol. The van der Waals surface area contributed by atoms with Crippen LogP contribution in [0.15, 0.2) is 24.3 Å². The van der Waals surface area contributed by atoms with Crippen LogP contribution in [0.25, 0.3) is 0 Å². The maximum Gasteiger partial charge on any atom is 0.410 e. The number of carbonyl (C=O) groups excluding carboxylic acids is 2. The summed E-state index contributed by atoms with van der Waals surface area (Å²) in [6.07, 6.45) is 0.579. The molecule has 1 heterocycles. The van der Waals surface area contributed by atoms with Gasteiger partial charge in [0.25, 0.3) is 0 Å². The molecule has 1 aromatic carbocycles. The highest BCUT2D eigenvalue weighted by atomic mass is 19.1. The van der Waals surface area contributed by atoms with Crippen molar-refractivity contribution in [1.29, 1.82) is 0 Å². The highest BCUT2D eigenvalue weighted by Gasteiger charge is 2.38. The zero-order valence-corrected chi connectivity index (χ0v) is 16.4. The van der Waals surface area contributed by atoms with Crippen molar-refractivity contribution in [2.45, 2.75) is 64.7 Å². The summed E-state index contributed by atoms with van der Waals surface area (Å²) in [6, 6.07) is 5.58. The van der Waals surface area contributed by atoms with Gasteiger partial charge in [-0.3, -0.25) is 4.79 Å². The third kappa shape index (κ3) is 6.73. The number of halogens is 1. The van der Waals surface area contributed by atoms with Gasteiger partial charge in [0.1, 0.15) is 23.3 Å². The molecule has 1 aliphatic heterocycles. The summed E-state index contributed by atoms with van der Waals surface area (Å²) >= 11 is 0. The zero-order valence-electron chi connectivity index (χ0n) is 16.4. The van der Waals surface area contributed by atoms with E-state index in [0.717, 1.165) is 0 Å². The molecule has 0 radical (unpaired) electrons. The van der Waals surface area contributed by atoms with Crippen LogP contribution < -0.4 is 4.74 Å². The van der Waals surface area contributed by atoms with Gasteiger partial charge in [-0.05, 0) is 58.4 Å². The molecule has 1 amide bonds. The molecule has 150 valence electrons. The summed E-state index contributed by atoms with van der Waals surface area (Å²) in [5.74, 6) is -0.0856. The first-order chi connectivity index (χ1) is 12.7. The predicted octanol–water partition coefficient (Wildman–Crippen LogP) is 3.93. The number of hydrogen-bond acceptors (Lipinski definition) is 5. The molecule has 0 saturated carbocycles. The van der Waals surface area contributed by atoms with Crippen molar-refractivity contribution in [2.24, 2.45) is 0 Å². The second kappa shape index (κ2) is 9.06. The molecule has 2 rings (SSSR count). The SMILES string of the molecule is CCOC(=O)CC[C@@H]1C[C@@H](Oc2ccc(F)cc2)CN1C(=O)OC(C)(C)C. The zero-order chi connectivity index (χ0) is 20.0. The first-order valence-corrected chi connectivity index (χ1v) is 9.25. The van der Waals surface area contributed by atoms with Gasteiger partial charge in [0, 0.05) is 18.9 Å². The van der Waals surface area contributed by atoms with Crippen molar-refractivity contribution in [3.05, 3.63) is 30.1 Å². The predicted molar refractivity (Wildman–Crippen MR) is 98.0 cm³/mol. The molecule has 0 aliphatic carbocycles. The van der Waals surface area contributed by atoms with E-state index in [1.807, 2.05) is 0 Å². The minimum absolute atomic E-state index is 0.185. The Hall–Kier alpha value is -2.31. The average Bonchev–Trinajstić information content (AvgIpc) is 2.97. The van der Waals surface area contributed by atoms with Gasteiger partial charge in [-0.25, -0.2) is 9.18 Å². The third-order valence-electron chi connectivity index (χ3n) is 4.11. The minimum Gasteiger partial charge on any atom is -0.489 e. The van der Waals surface area contributed by atoms with Crippen LogP contribution in [-0.4, -0.2) is 47.9 Å². The molecule has 1 aliphatic rings. The first-order valence-electron chi connectivity index (χ1n) is 9.25. The topological polar surface area (TPSA) is 65.1 Å². The van der Waals surface area contributed by atoms with E-state index in [1.54, 1.807) is 44.7 Å². The van der Waals surface area contributed by atoms with Crippen LogP contribution in [0, 0.1) is 5.82 Å². The molecule has 0 unspecified atom stereocenters. The summed E-state index contributed by atoms with van der Waals surface area (Å²) in [5.41, 5.74) is -0.612. The van der Waals surface area contributed by atoms with Gasteiger partial charge in [0.05, 0.1) is 13.2 Å². The standard InChI is InChI=1S/C20H28FNO5/c1-5-25-18(23)11-8-15-12-17(26-16-9-6-14(21)7-10-16)13-22(15)19(24)27-20(2,3)4/h6-7,9-10,15,17H,5,8,11-13H2,1-4H3/t15-,17-/m1/s1. The van der Waals surface area contributed by atoms with E-state index in [-0.39, 0.29) is 30.4 Å². The number of amides is 1. The molecule has 7 heteroatoms. The van der Waals surface area contributed by atoms with Crippen molar-refractivity contribution >= 4 is 12.1 Å². The Morgan fingerprint density at radius 1 is 1.22 bits per heavy atom. The van der Waals surface area contributed by atoms with E-state index in [1.165, 1.54) is 12.1 Å². The number of rotatable bonds is 6. The lowest BCUT2D eigenvalue weighted by Crippen LogP contribution is -2.40. The normalized spacial score (nSPS) is 19.7. The van der Waals surface area contributed by atoms with Crippen LogP contribution in [0.5, 0.6) is 5.75 Å². The second-order valence-electron chi connectivity index (χ2n) is 7.56. The van der Waals surface area contributed by atoms with Crippen LogP contribution in [-0.2, 0) is 14.3 Å². The molecular formula is C20H28FNO5. The van der Waals surface area contributed by atoms with Gasteiger partial charge in [0.15, 0.2) is 0 Å². The Kier molecular flexibility index (Phi) is 7.05. The van der Waals surface area contributed by atoms with Crippen molar-refractivity contribution in [2.75, 3.05) is 13.2 Å². The molecule has 1 saturated heterocycles. The van der Waals surface area contributed by atoms with Crippen LogP contribution in [0.3, 0.4) is 0 Å². The molecule has 27 heavy (non-hydrogen) atoms. The Labute approximate surface area is 159 Å². The van der Waals surface area contributed by atoms with Gasteiger partial charge < -0.3 is 19.1 Å². The number of hydrogen-bond donors (Lipinski definition) is 0. The van der Waals surface area contributed by atoms with Gasteiger partial charge in [-0.1, -0.05) is 0 Å². The van der Waals surface area contributed by atoms with Gasteiger partial charge >= 0.3 is 12.1 Å². The minimum atomic E-state index is -0.612. The van der Waals surface area contributed by atoms with E-state index < -0.39 is 11.7 Å². The van der Waals surface area contributed by atoms with Gasteiger partial charge in [-0.2, -0.15) is 0 Å². The average molecular weight is 381 g/mol. The Bertz CT molecular complexity index is 641. The fourth-order valence-electron chi connectivity index (χ4n) is 3.00. The van der Waals surface area contributed by atoms with E-state index in [0.29, 0.717) is 31.7 Å². The smallest absolute Gasteiger partial charge is 0.410 e. The van der Waals surface area contributed by atoms with Crippen molar-refractivity contribution in [3.63, 3.8) is 0 Å². The molecule has 0 bridgehead atoms. The molecule has 0 aromatic heterocycles. The third-order valence-corrected chi connectivity index (χ3v) is 4.11. The summed E-state index contributed by atoms with van der Waals surface area (Å²) < 4.78 is 29.4. The number of likely N-dealkylation sites (tertiary alicyclic amines) is 1. The van der Waals surface area contributed by atoms with Crippen LogP contribution >= 0.6 is 0 Å². The lowest BCUT2D eigenvalue weighted by atomic mass is 10.1. The van der Waals surface area contributed by atoms with Gasteiger partial charge in [-0.15, -0.1) is 0 Å². The number of benzene rings is 1. The summed E-state index contributed by atoms with van der Waals surface area (Å²) in [7, 11) is 0. The summed E-state index contributed by atoms with van der Waals surface area (Å²) in [4.78, 5) is 25.9. The largest absolute Gasteiger partial charge is 0.489 e.